The molecule has 0 aliphatic heterocycles. The van der Waals surface area contributed by atoms with E-state index in [0.29, 0.717) is 0 Å². The van der Waals surface area contributed by atoms with Gasteiger partial charge in [0.05, 0.1) is 17.7 Å². The van der Waals surface area contributed by atoms with Crippen molar-refractivity contribution in [3.63, 3.8) is 0 Å². The summed E-state index contributed by atoms with van der Waals surface area (Å²) in [5.41, 5.74) is 5.05. The average Bonchev–Trinajstić information content (AvgIpc) is 2.40. The number of sulfonamides is 1. The topological polar surface area (TPSA) is 107 Å². The van der Waals surface area contributed by atoms with Crippen molar-refractivity contribution in [1.82, 2.24) is 9.97 Å². The maximum absolute atomic E-state index is 13.1. The van der Waals surface area contributed by atoms with Crippen LogP contribution in [0.4, 0.5) is 16.0 Å². The van der Waals surface area contributed by atoms with Crippen LogP contribution in [0.25, 0.3) is 0 Å². The van der Waals surface area contributed by atoms with Gasteiger partial charge in [0.25, 0.3) is 10.0 Å². The lowest BCUT2D eigenvalue weighted by molar-refractivity contribution is 0.397. The van der Waals surface area contributed by atoms with Gasteiger partial charge in [0.1, 0.15) is 11.0 Å². The first-order valence-corrected chi connectivity index (χ1v) is 7.34. The fraction of sp³-hybridized carbons (Fsp3) is 0.0909. The lowest BCUT2D eigenvalue weighted by atomic mass is 10.3. The molecule has 0 bridgehead atoms. The highest BCUT2D eigenvalue weighted by Crippen LogP contribution is 2.21. The van der Waals surface area contributed by atoms with Crippen LogP contribution in [-0.4, -0.2) is 25.5 Å². The Labute approximate surface area is 125 Å². The number of benzene rings is 1. The predicted molar refractivity (Wildman–Crippen MR) is 75.2 cm³/mol. The van der Waals surface area contributed by atoms with Crippen molar-refractivity contribution in [1.29, 1.82) is 0 Å². The molecule has 0 atom stereocenters. The van der Waals surface area contributed by atoms with Crippen molar-refractivity contribution in [2.45, 2.75) is 4.90 Å². The molecule has 21 heavy (non-hydrogen) atoms. The Bertz CT molecular complexity index is 785. The van der Waals surface area contributed by atoms with Gasteiger partial charge in [0, 0.05) is 6.07 Å². The van der Waals surface area contributed by atoms with E-state index < -0.39 is 15.8 Å². The van der Waals surface area contributed by atoms with Crippen LogP contribution in [0.3, 0.4) is 0 Å². The number of nitrogens with one attached hydrogen (secondary N) is 1. The zero-order valence-corrected chi connectivity index (χ0v) is 12.2. The summed E-state index contributed by atoms with van der Waals surface area (Å²) in [6.07, 6.45) is 0. The number of ether oxygens (including phenoxy) is 1. The molecule has 2 rings (SSSR count). The fourth-order valence-electron chi connectivity index (χ4n) is 1.42. The van der Waals surface area contributed by atoms with Gasteiger partial charge in [-0.15, -0.1) is 0 Å². The lowest BCUT2D eigenvalue weighted by Gasteiger charge is -2.08. The second kappa shape index (κ2) is 5.70. The van der Waals surface area contributed by atoms with Gasteiger partial charge in [-0.2, -0.15) is 4.98 Å². The minimum atomic E-state index is -4.03. The van der Waals surface area contributed by atoms with E-state index in [1.165, 1.54) is 13.2 Å². The Morgan fingerprint density at radius 2 is 2.05 bits per heavy atom. The average molecular weight is 333 g/mol. The summed E-state index contributed by atoms with van der Waals surface area (Å²) in [6, 6.07) is 4.31. The third-order valence-corrected chi connectivity index (χ3v) is 3.90. The third-order valence-electron chi connectivity index (χ3n) is 2.38. The van der Waals surface area contributed by atoms with Gasteiger partial charge in [-0.1, -0.05) is 11.6 Å². The maximum Gasteiger partial charge on any atom is 0.264 e. The Morgan fingerprint density at radius 3 is 2.67 bits per heavy atom. The second-order valence-electron chi connectivity index (χ2n) is 3.85. The number of hydrogen-bond donors (Lipinski definition) is 2. The van der Waals surface area contributed by atoms with Crippen LogP contribution in [0.15, 0.2) is 29.2 Å². The molecule has 0 saturated heterocycles. The summed E-state index contributed by atoms with van der Waals surface area (Å²) in [5, 5.41) is -0.00169. The zero-order valence-electron chi connectivity index (χ0n) is 10.7. The molecule has 0 spiro atoms. The molecule has 0 saturated carbocycles. The molecule has 0 radical (unpaired) electrons. The highest BCUT2D eigenvalue weighted by atomic mass is 35.5. The smallest absolute Gasteiger partial charge is 0.264 e. The third kappa shape index (κ3) is 3.50. The first-order valence-electron chi connectivity index (χ1n) is 5.48. The van der Waals surface area contributed by atoms with Crippen LogP contribution in [0.1, 0.15) is 0 Å². The van der Waals surface area contributed by atoms with Crippen molar-refractivity contribution in [3.05, 3.63) is 35.2 Å². The minimum absolute atomic E-state index is 0.00169. The molecule has 1 aromatic carbocycles. The van der Waals surface area contributed by atoms with Gasteiger partial charge < -0.3 is 10.5 Å². The summed E-state index contributed by atoms with van der Waals surface area (Å²) < 4.78 is 44.3. The molecular formula is C11H10ClFN4O3S. The van der Waals surface area contributed by atoms with Gasteiger partial charge in [-0.25, -0.2) is 22.5 Å². The van der Waals surface area contributed by atoms with Gasteiger partial charge in [-0.05, 0) is 18.2 Å². The molecule has 0 aliphatic carbocycles. The molecular weight excluding hydrogens is 323 g/mol. The number of hydrogen-bond acceptors (Lipinski definition) is 6. The largest absolute Gasteiger partial charge is 0.481 e. The van der Waals surface area contributed by atoms with E-state index in [-0.39, 0.29) is 27.6 Å². The Morgan fingerprint density at radius 1 is 1.33 bits per heavy atom. The number of halogens is 2. The van der Waals surface area contributed by atoms with E-state index in [9.17, 15) is 12.8 Å². The van der Waals surface area contributed by atoms with Crippen molar-refractivity contribution < 1.29 is 17.5 Å². The summed E-state index contributed by atoms with van der Waals surface area (Å²) in [6.45, 7) is 0. The Hall–Kier alpha value is -2.13. The molecule has 0 unspecified atom stereocenters. The van der Waals surface area contributed by atoms with Gasteiger partial charge >= 0.3 is 0 Å². The van der Waals surface area contributed by atoms with Crippen molar-refractivity contribution in [2.75, 3.05) is 17.6 Å². The molecule has 1 heterocycles. The van der Waals surface area contributed by atoms with Crippen LogP contribution in [0.2, 0.25) is 5.15 Å². The van der Waals surface area contributed by atoms with Crippen LogP contribution < -0.4 is 15.2 Å². The quantitative estimate of drug-likeness (QED) is 0.651. The standard InChI is InChI=1S/C11H10ClFN4O3S/c1-20-10-5-9(12)15-11(16-10)17-21(18,19)6-2-3-7(13)8(14)4-6/h2-5H,14H2,1H3,(H,15,16,17). The van der Waals surface area contributed by atoms with E-state index in [0.717, 1.165) is 18.2 Å². The second-order valence-corrected chi connectivity index (χ2v) is 5.92. The molecule has 0 fully saturated rings. The molecule has 7 nitrogen and oxygen atoms in total. The van der Waals surface area contributed by atoms with E-state index in [2.05, 4.69) is 14.7 Å². The summed E-state index contributed by atoms with van der Waals surface area (Å²) >= 11 is 5.71. The number of nitrogens with zero attached hydrogens (tertiary/aromatic N) is 2. The van der Waals surface area contributed by atoms with Crippen LogP contribution in [0, 0.1) is 5.82 Å². The Kier molecular flexibility index (Phi) is 4.14. The van der Waals surface area contributed by atoms with Crippen molar-refractivity contribution in [2.24, 2.45) is 0 Å². The first-order chi connectivity index (χ1) is 9.81. The molecule has 3 N–H and O–H groups in total. The SMILES string of the molecule is COc1cc(Cl)nc(NS(=O)(=O)c2ccc(F)c(N)c2)n1. The number of nitrogen functional groups attached to an aromatic ring is 1. The van der Waals surface area contributed by atoms with E-state index in [4.69, 9.17) is 22.1 Å². The van der Waals surface area contributed by atoms with Crippen LogP contribution in [-0.2, 0) is 10.0 Å². The minimum Gasteiger partial charge on any atom is -0.481 e. The van der Waals surface area contributed by atoms with E-state index in [1.807, 2.05) is 0 Å². The van der Waals surface area contributed by atoms with E-state index >= 15 is 0 Å². The van der Waals surface area contributed by atoms with Crippen molar-refractivity contribution >= 4 is 33.3 Å². The molecule has 0 aliphatic rings. The lowest BCUT2D eigenvalue weighted by Crippen LogP contribution is -2.15. The number of nitrogens with two attached hydrogens (primary N) is 1. The zero-order chi connectivity index (χ0) is 15.6. The molecule has 0 amide bonds. The molecule has 10 heteroatoms. The number of anilines is 2. The monoisotopic (exact) mass is 332 g/mol. The molecule has 112 valence electrons. The molecule has 1 aromatic heterocycles. The van der Waals surface area contributed by atoms with Crippen molar-refractivity contribution in [3.8, 4) is 5.88 Å². The van der Waals surface area contributed by atoms with Gasteiger partial charge in [0.2, 0.25) is 11.8 Å². The summed E-state index contributed by atoms with van der Waals surface area (Å²) in [5.74, 6) is -0.900. The highest BCUT2D eigenvalue weighted by Gasteiger charge is 2.18. The number of methoxy groups -OCH3 is 1. The van der Waals surface area contributed by atoms with E-state index in [1.54, 1.807) is 0 Å². The summed E-state index contributed by atoms with van der Waals surface area (Å²) in [4.78, 5) is 7.27. The highest BCUT2D eigenvalue weighted by molar-refractivity contribution is 7.92. The first kappa shape index (κ1) is 15.3. The normalized spacial score (nSPS) is 11.2. The fourth-order valence-corrected chi connectivity index (χ4v) is 2.57. The van der Waals surface area contributed by atoms with Crippen LogP contribution >= 0.6 is 11.6 Å². The Balaban J connectivity index is 2.37. The molecule has 2 aromatic rings. The van der Waals surface area contributed by atoms with Crippen LogP contribution in [0.5, 0.6) is 5.88 Å². The predicted octanol–water partition coefficient (Wildman–Crippen LogP) is 1.66. The van der Waals surface area contributed by atoms with Gasteiger partial charge in [-0.3, -0.25) is 0 Å². The summed E-state index contributed by atoms with van der Waals surface area (Å²) in [7, 11) is -2.69. The number of aromatic nitrogens is 2. The van der Waals surface area contributed by atoms with Gasteiger partial charge in [0.15, 0.2) is 0 Å². The maximum atomic E-state index is 13.1. The number of rotatable bonds is 4.